The Labute approximate surface area is 70.4 Å². The molecule has 2 heteroatoms. The van der Waals surface area contributed by atoms with E-state index < -0.39 is 0 Å². The van der Waals surface area contributed by atoms with Crippen molar-refractivity contribution < 1.29 is 9.47 Å². The molecule has 0 fully saturated rings. The first-order chi connectivity index (χ1) is 5.84. The number of ether oxygens (including phenoxy) is 2. The molecule has 0 radical (unpaired) electrons. The van der Waals surface area contributed by atoms with Crippen molar-refractivity contribution in [3.05, 3.63) is 29.8 Å². The zero-order chi connectivity index (χ0) is 8.13. The van der Waals surface area contributed by atoms with E-state index in [1.807, 2.05) is 31.2 Å². The molecule has 0 bridgehead atoms. The third kappa shape index (κ3) is 0.600. The van der Waals surface area contributed by atoms with Gasteiger partial charge in [0.1, 0.15) is 28.9 Å². The average Bonchev–Trinajstić information content (AvgIpc) is 2.00. The summed E-state index contributed by atoms with van der Waals surface area (Å²) in [4.78, 5) is 0. The Morgan fingerprint density at radius 1 is 1.25 bits per heavy atom. The van der Waals surface area contributed by atoms with E-state index in [1.165, 1.54) is 0 Å². The zero-order valence-electron chi connectivity index (χ0n) is 6.70. The molecule has 1 atom stereocenters. The van der Waals surface area contributed by atoms with Gasteiger partial charge < -0.3 is 9.47 Å². The molecular formula is C10H8O2. The minimum absolute atomic E-state index is 0.128. The van der Waals surface area contributed by atoms with Crippen LogP contribution in [-0.2, 0) is 0 Å². The fraction of sp³-hybridized carbons (Fsp3) is 0.200. The summed E-state index contributed by atoms with van der Waals surface area (Å²) in [6.07, 6.45) is 2.12. The van der Waals surface area contributed by atoms with E-state index in [2.05, 4.69) is 0 Å². The Balaban J connectivity index is 2.26. The van der Waals surface area contributed by atoms with Crippen molar-refractivity contribution in [3.8, 4) is 11.5 Å². The van der Waals surface area contributed by atoms with E-state index >= 15 is 0 Å². The Hall–Kier alpha value is -1.44. The van der Waals surface area contributed by atoms with Crippen molar-refractivity contribution in [3.63, 3.8) is 0 Å². The van der Waals surface area contributed by atoms with Crippen LogP contribution in [0.15, 0.2) is 24.3 Å². The summed E-state index contributed by atoms with van der Waals surface area (Å²) in [5.74, 6) is 2.86. The summed E-state index contributed by atoms with van der Waals surface area (Å²) in [7, 11) is 0. The van der Waals surface area contributed by atoms with E-state index in [-0.39, 0.29) is 6.10 Å². The van der Waals surface area contributed by atoms with Gasteiger partial charge >= 0.3 is 0 Å². The second-order valence-electron chi connectivity index (χ2n) is 3.09. The van der Waals surface area contributed by atoms with Crippen LogP contribution in [0.25, 0.3) is 5.76 Å². The van der Waals surface area contributed by atoms with Crippen LogP contribution in [0, 0.1) is 0 Å². The molecule has 12 heavy (non-hydrogen) atoms. The van der Waals surface area contributed by atoms with Crippen LogP contribution >= 0.6 is 0 Å². The van der Waals surface area contributed by atoms with Gasteiger partial charge in [0.2, 0.25) is 0 Å². The summed E-state index contributed by atoms with van der Waals surface area (Å²) in [6, 6.07) is 5.88. The molecular weight excluding hydrogens is 152 g/mol. The van der Waals surface area contributed by atoms with E-state index in [0.29, 0.717) is 0 Å². The minimum atomic E-state index is 0.128. The summed E-state index contributed by atoms with van der Waals surface area (Å²) in [5.41, 5.74) is 1.13. The molecule has 0 amide bonds. The predicted molar refractivity (Wildman–Crippen MR) is 45.1 cm³/mol. The smallest absolute Gasteiger partial charge is 0.142 e. The van der Waals surface area contributed by atoms with Crippen molar-refractivity contribution >= 4 is 5.76 Å². The molecule has 2 aliphatic rings. The monoisotopic (exact) mass is 160 g/mol. The van der Waals surface area contributed by atoms with Gasteiger partial charge in [-0.05, 0) is 25.1 Å². The van der Waals surface area contributed by atoms with Gasteiger partial charge in [-0.2, -0.15) is 0 Å². The largest absolute Gasteiger partial charge is 0.486 e. The van der Waals surface area contributed by atoms with E-state index in [9.17, 15) is 0 Å². The maximum absolute atomic E-state index is 5.59. The summed E-state index contributed by atoms with van der Waals surface area (Å²) in [6.45, 7) is 2.00. The van der Waals surface area contributed by atoms with Crippen LogP contribution in [-0.4, -0.2) is 6.10 Å². The molecule has 0 aliphatic carbocycles. The van der Waals surface area contributed by atoms with Gasteiger partial charge in [0.05, 0.1) is 0 Å². The number of hydrogen-bond donors (Lipinski definition) is 0. The first-order valence-electron chi connectivity index (χ1n) is 4.04. The molecule has 60 valence electrons. The van der Waals surface area contributed by atoms with Gasteiger partial charge in [0.15, 0.2) is 0 Å². The lowest BCUT2D eigenvalue weighted by atomic mass is 10.0. The molecule has 1 aromatic carbocycles. The van der Waals surface area contributed by atoms with Crippen LogP contribution in [0.4, 0.5) is 0 Å². The third-order valence-corrected chi connectivity index (χ3v) is 2.15. The summed E-state index contributed by atoms with van der Waals surface area (Å²) >= 11 is 0. The van der Waals surface area contributed by atoms with Crippen molar-refractivity contribution in [2.45, 2.75) is 13.0 Å². The highest BCUT2D eigenvalue weighted by Gasteiger charge is 2.30. The molecule has 3 rings (SSSR count). The first-order valence-corrected chi connectivity index (χ1v) is 4.04. The standard InChI is InChI=1S/C10H8O2/c1-6-5-9-10-7(11-6)3-2-4-8(10)12-9/h2-6H,1H3. The third-order valence-electron chi connectivity index (χ3n) is 2.15. The van der Waals surface area contributed by atoms with Crippen LogP contribution in [0.2, 0.25) is 0 Å². The number of rotatable bonds is 0. The number of benzene rings is 1. The highest BCUT2D eigenvalue weighted by atomic mass is 16.5. The van der Waals surface area contributed by atoms with Crippen LogP contribution in [0.1, 0.15) is 12.5 Å². The van der Waals surface area contributed by atoms with Gasteiger partial charge in [-0.1, -0.05) is 6.07 Å². The molecule has 0 N–H and O–H groups in total. The summed E-state index contributed by atoms with van der Waals surface area (Å²) in [5, 5.41) is 0. The van der Waals surface area contributed by atoms with Gasteiger partial charge in [-0.3, -0.25) is 0 Å². The summed E-state index contributed by atoms with van der Waals surface area (Å²) < 4.78 is 11.0. The molecule has 1 unspecified atom stereocenters. The SMILES string of the molecule is CC1C=C2Oc3cccc(c32)O1. The van der Waals surface area contributed by atoms with E-state index in [1.54, 1.807) is 0 Å². The molecule has 0 spiro atoms. The van der Waals surface area contributed by atoms with Crippen molar-refractivity contribution in [2.75, 3.05) is 0 Å². The first kappa shape index (κ1) is 6.12. The Morgan fingerprint density at radius 2 is 2.08 bits per heavy atom. The van der Waals surface area contributed by atoms with Gasteiger partial charge in [0, 0.05) is 0 Å². The minimum Gasteiger partial charge on any atom is -0.486 e. The lowest BCUT2D eigenvalue weighted by Crippen LogP contribution is -2.22. The van der Waals surface area contributed by atoms with E-state index in [0.717, 1.165) is 22.8 Å². The normalized spacial score (nSPS) is 22.8. The Morgan fingerprint density at radius 3 is 3.00 bits per heavy atom. The highest BCUT2D eigenvalue weighted by molar-refractivity contribution is 5.81. The number of hydrogen-bond acceptors (Lipinski definition) is 2. The fourth-order valence-electron chi connectivity index (χ4n) is 1.63. The molecule has 2 heterocycles. The van der Waals surface area contributed by atoms with Crippen molar-refractivity contribution in [1.82, 2.24) is 0 Å². The van der Waals surface area contributed by atoms with Gasteiger partial charge in [0.25, 0.3) is 0 Å². The van der Waals surface area contributed by atoms with Gasteiger partial charge in [-0.15, -0.1) is 0 Å². The molecule has 2 aliphatic heterocycles. The predicted octanol–water partition coefficient (Wildman–Crippen LogP) is 2.20. The highest BCUT2D eigenvalue weighted by Crippen LogP contribution is 2.46. The van der Waals surface area contributed by atoms with Crippen LogP contribution in [0.5, 0.6) is 11.5 Å². The van der Waals surface area contributed by atoms with Crippen molar-refractivity contribution in [2.24, 2.45) is 0 Å². The zero-order valence-corrected chi connectivity index (χ0v) is 6.70. The molecule has 0 saturated heterocycles. The molecule has 2 nitrogen and oxygen atoms in total. The van der Waals surface area contributed by atoms with Crippen LogP contribution < -0.4 is 9.47 Å². The quantitative estimate of drug-likeness (QED) is 0.579. The lowest BCUT2D eigenvalue weighted by molar-refractivity contribution is 0.250. The van der Waals surface area contributed by atoms with Gasteiger partial charge in [-0.25, -0.2) is 0 Å². The van der Waals surface area contributed by atoms with E-state index in [4.69, 9.17) is 9.47 Å². The lowest BCUT2D eigenvalue weighted by Gasteiger charge is -2.31. The molecule has 0 aromatic heterocycles. The van der Waals surface area contributed by atoms with Crippen molar-refractivity contribution in [1.29, 1.82) is 0 Å². The average molecular weight is 160 g/mol. The van der Waals surface area contributed by atoms with Crippen LogP contribution in [0.3, 0.4) is 0 Å². The maximum atomic E-state index is 5.59. The Kier molecular flexibility index (Phi) is 0.933. The maximum Gasteiger partial charge on any atom is 0.142 e. The second-order valence-corrected chi connectivity index (χ2v) is 3.09. The Bertz CT molecular complexity index is 379. The fourth-order valence-corrected chi connectivity index (χ4v) is 1.63. The topological polar surface area (TPSA) is 18.5 Å². The molecule has 0 saturated carbocycles. The second kappa shape index (κ2) is 1.83. The molecule has 1 aromatic rings.